The Bertz CT molecular complexity index is 1030. The van der Waals surface area contributed by atoms with Gasteiger partial charge in [0.05, 0.1) is 5.69 Å². The number of nitrogens with zero attached hydrogens (tertiary/aromatic N) is 2. The molecule has 1 saturated heterocycles. The molecule has 2 N–H and O–H groups in total. The van der Waals surface area contributed by atoms with Gasteiger partial charge in [0.2, 0.25) is 0 Å². The highest BCUT2D eigenvalue weighted by atomic mass is 15.2. The molecule has 0 radical (unpaired) electrons. The Labute approximate surface area is 172 Å². The Morgan fingerprint density at radius 2 is 1.76 bits per heavy atom. The van der Waals surface area contributed by atoms with Gasteiger partial charge >= 0.3 is 0 Å². The van der Waals surface area contributed by atoms with Crippen molar-refractivity contribution in [3.63, 3.8) is 0 Å². The Balaban J connectivity index is 1.11. The highest BCUT2D eigenvalue weighted by molar-refractivity contribution is 6.00. The van der Waals surface area contributed by atoms with Crippen LogP contribution in [0.1, 0.15) is 24.8 Å². The predicted octanol–water partition coefficient (Wildman–Crippen LogP) is 5.38. The summed E-state index contributed by atoms with van der Waals surface area (Å²) in [6.07, 6.45) is 3.80. The maximum absolute atomic E-state index is 4.53. The van der Waals surface area contributed by atoms with E-state index in [2.05, 4.69) is 87.1 Å². The van der Waals surface area contributed by atoms with Gasteiger partial charge in [-0.25, -0.2) is 0 Å². The first-order chi connectivity index (χ1) is 14.3. The summed E-state index contributed by atoms with van der Waals surface area (Å²) in [6, 6.07) is 23.7. The summed E-state index contributed by atoms with van der Waals surface area (Å²) in [5.74, 6) is 1.75. The van der Waals surface area contributed by atoms with Crippen LogP contribution in [-0.2, 0) is 6.54 Å². The number of aromatic nitrogens is 2. The van der Waals surface area contributed by atoms with Gasteiger partial charge in [0, 0.05) is 24.0 Å². The molecule has 4 nitrogen and oxygen atoms in total. The minimum Gasteiger partial charge on any atom is -0.369 e. The van der Waals surface area contributed by atoms with Gasteiger partial charge in [-0.3, -0.25) is 10.00 Å². The number of piperidine rings is 1. The second kappa shape index (κ2) is 8.26. The summed E-state index contributed by atoms with van der Waals surface area (Å²) in [6.45, 7) is 4.48. The lowest BCUT2D eigenvalue weighted by Gasteiger charge is -2.32. The van der Waals surface area contributed by atoms with Crippen molar-refractivity contribution in [1.82, 2.24) is 15.1 Å². The average Bonchev–Trinajstić information content (AvgIpc) is 3.13. The van der Waals surface area contributed by atoms with E-state index in [9.17, 15) is 0 Å². The molecule has 2 heterocycles. The molecule has 2 aliphatic heterocycles. The lowest BCUT2D eigenvalue weighted by molar-refractivity contribution is 0.174. The van der Waals surface area contributed by atoms with E-state index < -0.39 is 0 Å². The number of benzene rings is 2. The summed E-state index contributed by atoms with van der Waals surface area (Å²) in [4.78, 5) is 2.59. The zero-order chi connectivity index (χ0) is 19.5. The molecule has 5 rings (SSSR count). The van der Waals surface area contributed by atoms with Crippen molar-refractivity contribution in [3.8, 4) is 11.3 Å². The van der Waals surface area contributed by atoms with Crippen molar-refractivity contribution in [3.05, 3.63) is 72.3 Å². The first kappa shape index (κ1) is 18.2. The summed E-state index contributed by atoms with van der Waals surface area (Å²) in [5, 5.41) is 13.8. The number of likely N-dealkylation sites (tertiary alicyclic amines) is 1. The molecule has 0 spiro atoms. The monoisotopic (exact) mass is 384 g/mol. The van der Waals surface area contributed by atoms with Crippen LogP contribution in [0, 0.1) is 5.92 Å². The van der Waals surface area contributed by atoms with Crippen LogP contribution in [0.3, 0.4) is 0 Å². The van der Waals surface area contributed by atoms with E-state index in [0.29, 0.717) is 0 Å². The molecule has 29 heavy (non-hydrogen) atoms. The number of aromatic amines is 1. The molecule has 148 valence electrons. The van der Waals surface area contributed by atoms with Gasteiger partial charge in [-0.15, -0.1) is 0 Å². The number of nitrogens with one attached hydrogen (secondary N) is 2. The van der Waals surface area contributed by atoms with Crippen LogP contribution in [0.4, 0.5) is 5.82 Å². The number of hydrogen-bond acceptors (Lipinski definition) is 3. The van der Waals surface area contributed by atoms with Crippen LogP contribution in [-0.4, -0.2) is 34.7 Å². The molecule has 0 unspecified atom stereocenters. The molecular formula is C25H28N4. The van der Waals surface area contributed by atoms with E-state index in [1.165, 1.54) is 54.3 Å². The van der Waals surface area contributed by atoms with E-state index in [1.54, 1.807) is 0 Å². The molecular weight excluding hydrogens is 356 g/mol. The first-order valence-electron chi connectivity index (χ1n) is 10.7. The molecule has 0 atom stereocenters. The van der Waals surface area contributed by atoms with Gasteiger partial charge in [0.1, 0.15) is 5.82 Å². The van der Waals surface area contributed by atoms with Crippen LogP contribution in [0.5, 0.6) is 0 Å². The molecule has 2 aromatic carbocycles. The molecule has 3 aliphatic rings. The summed E-state index contributed by atoms with van der Waals surface area (Å²) < 4.78 is 0. The van der Waals surface area contributed by atoms with E-state index in [0.717, 1.165) is 30.5 Å². The molecule has 0 aromatic heterocycles. The molecule has 0 bridgehead atoms. The third-order valence-electron chi connectivity index (χ3n) is 6.23. The number of rotatable bonds is 6. The fraction of sp³-hybridized carbons (Fsp3) is 0.320. The zero-order valence-corrected chi connectivity index (χ0v) is 16.8. The van der Waals surface area contributed by atoms with Gasteiger partial charge in [0.15, 0.2) is 0 Å². The zero-order valence-electron chi connectivity index (χ0n) is 16.8. The maximum atomic E-state index is 4.53. The molecule has 4 heteroatoms. The van der Waals surface area contributed by atoms with Crippen LogP contribution >= 0.6 is 0 Å². The Morgan fingerprint density at radius 3 is 2.62 bits per heavy atom. The third-order valence-corrected chi connectivity index (χ3v) is 6.23. The van der Waals surface area contributed by atoms with Crippen LogP contribution in [0.2, 0.25) is 0 Å². The number of fused-ring (bicyclic) bond motifs is 3. The Kier molecular flexibility index (Phi) is 5.18. The first-order valence-corrected chi connectivity index (χ1v) is 10.7. The quantitative estimate of drug-likeness (QED) is 0.469. The Morgan fingerprint density at radius 1 is 0.966 bits per heavy atom. The fourth-order valence-corrected chi connectivity index (χ4v) is 4.55. The average molecular weight is 385 g/mol. The van der Waals surface area contributed by atoms with E-state index in [1.807, 2.05) is 0 Å². The summed E-state index contributed by atoms with van der Waals surface area (Å²) in [7, 11) is 0. The van der Waals surface area contributed by atoms with Crippen molar-refractivity contribution >= 4 is 16.6 Å². The molecule has 0 saturated carbocycles. The van der Waals surface area contributed by atoms with Gasteiger partial charge in [-0.05, 0) is 61.4 Å². The maximum Gasteiger partial charge on any atom is 0.146 e. The highest BCUT2D eigenvalue weighted by Gasteiger charge is 2.19. The van der Waals surface area contributed by atoms with Crippen molar-refractivity contribution in [2.24, 2.45) is 5.92 Å². The molecule has 1 aliphatic carbocycles. The van der Waals surface area contributed by atoms with Crippen molar-refractivity contribution in [2.45, 2.75) is 25.8 Å². The largest absolute Gasteiger partial charge is 0.369 e. The van der Waals surface area contributed by atoms with Gasteiger partial charge in [0.25, 0.3) is 0 Å². The highest BCUT2D eigenvalue weighted by Crippen LogP contribution is 2.32. The molecule has 0 amide bonds. The SMILES string of the molecule is c1ccc(CN2CCC(CCNc3cc4cc5ccccc5c-4[nH]n3)CC2)cc1. The van der Waals surface area contributed by atoms with Gasteiger partial charge < -0.3 is 5.32 Å². The van der Waals surface area contributed by atoms with Crippen LogP contribution in [0.25, 0.3) is 22.0 Å². The standard InChI is InChI=1S/C25H28N4/c1-2-6-20(7-3-1)18-29-14-11-19(12-15-29)10-13-26-24-17-22-16-21-8-4-5-9-23(21)25(22)28-27-24/h1-9,16-17,19,28H,10-15,18H2,(H,26,27). The number of H-pyrrole nitrogens is 1. The van der Waals surface area contributed by atoms with Crippen LogP contribution in [0.15, 0.2) is 66.7 Å². The third kappa shape index (κ3) is 4.13. The van der Waals surface area contributed by atoms with Crippen LogP contribution < -0.4 is 5.32 Å². The summed E-state index contributed by atoms with van der Waals surface area (Å²) in [5.41, 5.74) is 3.76. The lowest BCUT2D eigenvalue weighted by atomic mass is 9.93. The second-order valence-electron chi connectivity index (χ2n) is 8.24. The van der Waals surface area contributed by atoms with Gasteiger partial charge in [-0.1, -0.05) is 54.6 Å². The minimum atomic E-state index is 0.809. The Hall–Kier alpha value is -2.85. The fourth-order valence-electron chi connectivity index (χ4n) is 4.55. The van der Waals surface area contributed by atoms with Gasteiger partial charge in [-0.2, -0.15) is 5.10 Å². The smallest absolute Gasteiger partial charge is 0.146 e. The van der Waals surface area contributed by atoms with E-state index >= 15 is 0 Å². The van der Waals surface area contributed by atoms with Crippen molar-refractivity contribution in [2.75, 3.05) is 25.0 Å². The number of hydrogen-bond donors (Lipinski definition) is 2. The van der Waals surface area contributed by atoms with E-state index in [4.69, 9.17) is 0 Å². The molecule has 1 fully saturated rings. The second-order valence-corrected chi connectivity index (χ2v) is 8.24. The topological polar surface area (TPSA) is 44.0 Å². The molecule has 2 aromatic rings. The van der Waals surface area contributed by atoms with Crippen molar-refractivity contribution < 1.29 is 0 Å². The van der Waals surface area contributed by atoms with E-state index in [-0.39, 0.29) is 0 Å². The lowest BCUT2D eigenvalue weighted by Crippen LogP contribution is -2.33. The summed E-state index contributed by atoms with van der Waals surface area (Å²) >= 11 is 0. The number of anilines is 1. The van der Waals surface area contributed by atoms with Crippen molar-refractivity contribution in [1.29, 1.82) is 0 Å². The predicted molar refractivity (Wildman–Crippen MR) is 120 cm³/mol. The minimum absolute atomic E-state index is 0.809. The normalized spacial score (nSPS) is 15.9.